The Bertz CT molecular complexity index is 847. The predicted octanol–water partition coefficient (Wildman–Crippen LogP) is 2.91. The molecule has 0 aliphatic heterocycles. The van der Waals surface area contributed by atoms with E-state index in [4.69, 9.17) is 0 Å². The lowest BCUT2D eigenvalue weighted by atomic mass is 10.2. The van der Waals surface area contributed by atoms with E-state index < -0.39 is 0 Å². The molecule has 4 rings (SSSR count). The highest BCUT2D eigenvalue weighted by Gasteiger charge is 2.27. The number of rotatable bonds is 4. The summed E-state index contributed by atoms with van der Waals surface area (Å²) < 4.78 is 1.97. The van der Waals surface area contributed by atoms with Crippen LogP contribution in [-0.4, -0.2) is 20.5 Å². The van der Waals surface area contributed by atoms with Gasteiger partial charge in [0.2, 0.25) is 0 Å². The summed E-state index contributed by atoms with van der Waals surface area (Å²) in [5.74, 6) is 0.535. The quantitative estimate of drug-likeness (QED) is 0.806. The van der Waals surface area contributed by atoms with Gasteiger partial charge in [0.25, 0.3) is 5.91 Å². The fraction of sp³-hybridized carbons (Fsp3) is 0.312. The Kier molecular flexibility index (Phi) is 3.18. The maximum atomic E-state index is 12.3. The van der Waals surface area contributed by atoms with Crippen LogP contribution in [0.2, 0.25) is 0 Å². The lowest BCUT2D eigenvalue weighted by Gasteiger charge is -1.99. The van der Waals surface area contributed by atoms with Crippen LogP contribution in [0.25, 0.3) is 5.52 Å². The number of fused-ring (bicyclic) bond motifs is 1. The number of hydrogen-bond donors (Lipinski definition) is 1. The first-order valence-electron chi connectivity index (χ1n) is 7.38. The van der Waals surface area contributed by atoms with E-state index in [1.165, 1.54) is 12.8 Å². The van der Waals surface area contributed by atoms with Crippen LogP contribution in [0.5, 0.6) is 0 Å². The van der Waals surface area contributed by atoms with Gasteiger partial charge in [-0.25, -0.2) is 0 Å². The first kappa shape index (κ1) is 13.5. The molecule has 0 radical (unpaired) electrons. The van der Waals surface area contributed by atoms with E-state index in [2.05, 4.69) is 15.5 Å². The maximum absolute atomic E-state index is 12.3. The van der Waals surface area contributed by atoms with Gasteiger partial charge in [0.05, 0.1) is 12.1 Å². The second kappa shape index (κ2) is 5.21. The maximum Gasteiger partial charge on any atom is 0.253 e. The molecule has 22 heavy (non-hydrogen) atoms. The average Bonchev–Trinajstić information content (AvgIpc) is 3.09. The van der Waals surface area contributed by atoms with E-state index in [1.807, 2.05) is 41.9 Å². The van der Waals surface area contributed by atoms with Crippen molar-refractivity contribution in [3.63, 3.8) is 0 Å². The van der Waals surface area contributed by atoms with Gasteiger partial charge in [0.15, 0.2) is 0 Å². The highest BCUT2D eigenvalue weighted by molar-refractivity contribution is 7.11. The van der Waals surface area contributed by atoms with Gasteiger partial charge >= 0.3 is 0 Å². The van der Waals surface area contributed by atoms with Gasteiger partial charge in [-0.2, -0.15) is 0 Å². The molecule has 5 nitrogen and oxygen atoms in total. The number of aryl methyl sites for hydroxylation is 1. The molecule has 3 heterocycles. The lowest BCUT2D eigenvalue weighted by Crippen LogP contribution is -2.22. The van der Waals surface area contributed by atoms with Crippen LogP contribution < -0.4 is 5.32 Å². The van der Waals surface area contributed by atoms with Crippen molar-refractivity contribution in [2.24, 2.45) is 0 Å². The highest BCUT2D eigenvalue weighted by Crippen LogP contribution is 2.41. The minimum atomic E-state index is -0.0775. The number of amides is 1. The molecule has 1 aliphatic carbocycles. The molecule has 1 N–H and O–H groups in total. The van der Waals surface area contributed by atoms with Crippen molar-refractivity contribution in [1.82, 2.24) is 19.9 Å². The molecule has 1 aliphatic rings. The Morgan fingerprint density at radius 1 is 1.45 bits per heavy atom. The third-order valence-corrected chi connectivity index (χ3v) is 5.00. The van der Waals surface area contributed by atoms with Crippen molar-refractivity contribution in [2.45, 2.75) is 32.2 Å². The molecular formula is C16H16N4OS. The third kappa shape index (κ3) is 2.50. The van der Waals surface area contributed by atoms with Crippen molar-refractivity contribution in [3.8, 4) is 0 Å². The number of aromatic nitrogens is 3. The van der Waals surface area contributed by atoms with Crippen LogP contribution in [0.15, 0.2) is 30.6 Å². The summed E-state index contributed by atoms with van der Waals surface area (Å²) >= 11 is 1.61. The molecule has 0 bridgehead atoms. The van der Waals surface area contributed by atoms with Gasteiger partial charge in [-0.3, -0.25) is 4.79 Å². The molecule has 1 amide bonds. The van der Waals surface area contributed by atoms with E-state index in [1.54, 1.807) is 11.3 Å². The average molecular weight is 312 g/mol. The van der Waals surface area contributed by atoms with Gasteiger partial charge in [-0.15, -0.1) is 10.2 Å². The minimum Gasteiger partial charge on any atom is -0.345 e. The fourth-order valence-electron chi connectivity index (χ4n) is 2.50. The number of nitrogens with one attached hydrogen (secondary N) is 1. The van der Waals surface area contributed by atoms with Crippen molar-refractivity contribution < 1.29 is 4.79 Å². The normalized spacial score (nSPS) is 14.4. The van der Waals surface area contributed by atoms with E-state index >= 15 is 0 Å². The van der Waals surface area contributed by atoms with E-state index in [9.17, 15) is 4.79 Å². The second-order valence-corrected chi connectivity index (χ2v) is 6.80. The smallest absolute Gasteiger partial charge is 0.253 e. The second-order valence-electron chi connectivity index (χ2n) is 5.70. The number of carbonyl (C=O) groups is 1. The Morgan fingerprint density at radius 3 is 3.09 bits per heavy atom. The van der Waals surface area contributed by atoms with Crippen LogP contribution in [0.1, 0.15) is 44.7 Å². The molecule has 1 fully saturated rings. The highest BCUT2D eigenvalue weighted by atomic mass is 32.1. The Balaban J connectivity index is 1.47. The predicted molar refractivity (Wildman–Crippen MR) is 85.2 cm³/mol. The summed E-state index contributed by atoms with van der Waals surface area (Å²) in [5, 5.41) is 13.2. The third-order valence-electron chi connectivity index (χ3n) is 3.92. The molecular weight excluding hydrogens is 296 g/mol. The zero-order chi connectivity index (χ0) is 15.1. The zero-order valence-corrected chi connectivity index (χ0v) is 13.1. The zero-order valence-electron chi connectivity index (χ0n) is 12.2. The fourth-order valence-corrected chi connectivity index (χ4v) is 3.45. The SMILES string of the molecule is Cc1cccn2cc(C(=O)NCc3nnc(C4CC4)s3)cc12. The minimum absolute atomic E-state index is 0.0775. The summed E-state index contributed by atoms with van der Waals surface area (Å²) in [6.45, 7) is 2.48. The monoisotopic (exact) mass is 312 g/mol. The molecule has 0 atom stereocenters. The van der Waals surface area contributed by atoms with E-state index in [0.717, 1.165) is 21.1 Å². The Morgan fingerprint density at radius 2 is 2.32 bits per heavy atom. The summed E-state index contributed by atoms with van der Waals surface area (Å²) in [5.41, 5.74) is 2.88. The Labute approximate surface area is 132 Å². The molecule has 0 unspecified atom stereocenters. The molecule has 0 spiro atoms. The van der Waals surface area contributed by atoms with E-state index in [-0.39, 0.29) is 5.91 Å². The van der Waals surface area contributed by atoms with Crippen molar-refractivity contribution in [1.29, 1.82) is 0 Å². The first-order valence-corrected chi connectivity index (χ1v) is 8.20. The summed E-state index contributed by atoms with van der Waals surface area (Å²) in [6, 6.07) is 5.93. The standard InChI is InChI=1S/C16H16N4OS/c1-10-3-2-6-20-9-12(7-13(10)20)15(21)17-8-14-18-19-16(22-14)11-4-5-11/h2-3,6-7,9,11H,4-5,8H2,1H3,(H,17,21). The molecule has 112 valence electrons. The van der Waals surface area contributed by atoms with Crippen LogP contribution in [0, 0.1) is 6.92 Å². The molecule has 1 saturated carbocycles. The van der Waals surface area contributed by atoms with Gasteiger partial charge in [0, 0.05) is 23.8 Å². The molecule has 6 heteroatoms. The van der Waals surface area contributed by atoms with Crippen LogP contribution in [0.4, 0.5) is 0 Å². The number of hydrogen-bond acceptors (Lipinski definition) is 4. The number of nitrogens with zero attached hydrogens (tertiary/aromatic N) is 3. The Hall–Kier alpha value is -2.21. The van der Waals surface area contributed by atoms with Gasteiger partial charge < -0.3 is 9.72 Å². The van der Waals surface area contributed by atoms with Gasteiger partial charge in [0.1, 0.15) is 10.0 Å². The lowest BCUT2D eigenvalue weighted by molar-refractivity contribution is 0.0951. The number of carbonyl (C=O) groups excluding carboxylic acids is 1. The van der Waals surface area contributed by atoms with Crippen molar-refractivity contribution in [3.05, 3.63) is 51.7 Å². The summed E-state index contributed by atoms with van der Waals surface area (Å²) in [6.07, 6.45) is 6.24. The molecule has 0 aromatic carbocycles. The van der Waals surface area contributed by atoms with E-state index in [0.29, 0.717) is 18.0 Å². The molecule has 3 aromatic heterocycles. The molecule has 3 aromatic rings. The summed E-state index contributed by atoms with van der Waals surface area (Å²) in [4.78, 5) is 12.3. The van der Waals surface area contributed by atoms with Crippen LogP contribution in [-0.2, 0) is 6.54 Å². The van der Waals surface area contributed by atoms with Crippen molar-refractivity contribution in [2.75, 3.05) is 0 Å². The topological polar surface area (TPSA) is 59.3 Å². The van der Waals surface area contributed by atoms with Crippen LogP contribution >= 0.6 is 11.3 Å². The van der Waals surface area contributed by atoms with Crippen molar-refractivity contribution >= 4 is 22.8 Å². The number of pyridine rings is 1. The first-order chi connectivity index (χ1) is 10.7. The van der Waals surface area contributed by atoms with Gasteiger partial charge in [-0.1, -0.05) is 17.4 Å². The van der Waals surface area contributed by atoms with Gasteiger partial charge in [-0.05, 0) is 37.5 Å². The summed E-state index contributed by atoms with van der Waals surface area (Å²) in [7, 11) is 0. The largest absolute Gasteiger partial charge is 0.345 e. The molecule has 0 saturated heterocycles. The van der Waals surface area contributed by atoms with Crippen LogP contribution in [0.3, 0.4) is 0 Å².